The van der Waals surface area contributed by atoms with Crippen LogP contribution in [0, 0.1) is 0 Å². The molecule has 0 aromatic heterocycles. The Kier molecular flexibility index (Phi) is 9.92. The number of nitrogens with one attached hydrogen (secondary N) is 2. The molecule has 5 rings (SSSR count). The number of hydrogen-bond acceptors (Lipinski definition) is 6. The number of halogens is 3. The number of carboxylic acid groups (broad SMARTS) is 1. The summed E-state index contributed by atoms with van der Waals surface area (Å²) in [6.07, 6.45) is -2.32. The van der Waals surface area contributed by atoms with Gasteiger partial charge >= 0.3 is 12.1 Å². The summed E-state index contributed by atoms with van der Waals surface area (Å²) in [5.41, 5.74) is 5.43. The smallest absolute Gasteiger partial charge is 0.490 e. The molecule has 0 saturated carbocycles. The number of rotatable bonds is 6. The van der Waals surface area contributed by atoms with Gasteiger partial charge in [-0.3, -0.25) is 9.59 Å². The van der Waals surface area contributed by atoms with Gasteiger partial charge in [-0.2, -0.15) is 13.2 Å². The molecule has 3 aromatic rings. The number of nitrogens with zero attached hydrogens (tertiary/aromatic N) is 1. The minimum Gasteiger partial charge on any atom is -0.493 e. The van der Waals surface area contributed by atoms with Crippen LogP contribution in [0.4, 0.5) is 18.9 Å². The lowest BCUT2D eigenvalue weighted by atomic mass is 9.99. The Balaban J connectivity index is 0.000000541. The number of fused-ring (bicyclic) bond motifs is 1. The summed E-state index contributed by atoms with van der Waals surface area (Å²) in [6.45, 7) is 2.47. The van der Waals surface area contributed by atoms with Crippen molar-refractivity contribution < 1.29 is 42.1 Å². The van der Waals surface area contributed by atoms with Crippen LogP contribution in [0.5, 0.6) is 11.5 Å². The molecule has 12 heteroatoms. The van der Waals surface area contributed by atoms with Crippen LogP contribution in [0.15, 0.2) is 60.7 Å². The van der Waals surface area contributed by atoms with E-state index in [0.29, 0.717) is 29.2 Å². The van der Waals surface area contributed by atoms with Gasteiger partial charge in [0.15, 0.2) is 11.5 Å². The van der Waals surface area contributed by atoms with Crippen LogP contribution < -0.4 is 20.1 Å². The number of methoxy groups -OCH3 is 2. The highest BCUT2D eigenvalue weighted by Gasteiger charge is 2.38. The predicted molar refractivity (Wildman–Crippen MR) is 152 cm³/mol. The molecule has 1 fully saturated rings. The normalized spacial score (nSPS) is 15.9. The molecule has 2 heterocycles. The second-order valence-corrected chi connectivity index (χ2v) is 10.0. The lowest BCUT2D eigenvalue weighted by Gasteiger charge is -2.26. The van der Waals surface area contributed by atoms with E-state index < -0.39 is 12.1 Å². The molecule has 0 spiro atoms. The Morgan fingerprint density at radius 1 is 0.953 bits per heavy atom. The van der Waals surface area contributed by atoms with Gasteiger partial charge in [-0.15, -0.1) is 0 Å². The standard InChI is InChI=1S/C29H31N3O4.C2HF3O2/c1-35-26-11-9-22(17-27(26)36-2)29(34)32-14-4-7-25(32)20-5-3-6-21(15-20)28(33)31-24-10-8-19-12-13-30-18-23(19)16-24;3-2(4,5)1(6)7/h3,5-6,8-11,15-17,25,30H,4,7,12-14,18H2,1-2H3,(H,31,33);(H,6,7). The lowest BCUT2D eigenvalue weighted by molar-refractivity contribution is -0.192. The number of likely N-dealkylation sites (tertiary alicyclic amines) is 1. The van der Waals surface area contributed by atoms with E-state index in [1.807, 2.05) is 41.3 Å². The summed E-state index contributed by atoms with van der Waals surface area (Å²) >= 11 is 0. The highest BCUT2D eigenvalue weighted by atomic mass is 19.4. The molecule has 43 heavy (non-hydrogen) atoms. The van der Waals surface area contributed by atoms with Crippen molar-refractivity contribution in [2.45, 2.75) is 38.0 Å². The molecule has 3 N–H and O–H groups in total. The maximum Gasteiger partial charge on any atom is 0.490 e. The third-order valence-corrected chi connectivity index (χ3v) is 7.27. The zero-order chi connectivity index (χ0) is 31.1. The van der Waals surface area contributed by atoms with Gasteiger partial charge in [0.05, 0.1) is 20.3 Å². The molecule has 2 aliphatic rings. The van der Waals surface area contributed by atoms with Gasteiger partial charge < -0.3 is 30.1 Å². The Hall–Kier alpha value is -4.58. The van der Waals surface area contributed by atoms with Gasteiger partial charge in [0.1, 0.15) is 0 Å². The van der Waals surface area contributed by atoms with Crippen molar-refractivity contribution in [3.63, 3.8) is 0 Å². The largest absolute Gasteiger partial charge is 0.493 e. The Morgan fingerprint density at radius 2 is 1.70 bits per heavy atom. The van der Waals surface area contributed by atoms with Crippen LogP contribution >= 0.6 is 0 Å². The third-order valence-electron chi connectivity index (χ3n) is 7.27. The van der Waals surface area contributed by atoms with Crippen LogP contribution in [-0.2, 0) is 17.8 Å². The number of hydrogen-bond donors (Lipinski definition) is 3. The van der Waals surface area contributed by atoms with E-state index in [-0.39, 0.29) is 17.9 Å². The predicted octanol–water partition coefficient (Wildman–Crippen LogP) is 5.21. The molecule has 3 aromatic carbocycles. The minimum absolute atomic E-state index is 0.0593. The number of benzene rings is 3. The molecular weight excluding hydrogens is 567 g/mol. The topological polar surface area (TPSA) is 117 Å². The van der Waals surface area contributed by atoms with Crippen LogP contribution in [0.3, 0.4) is 0 Å². The quantitative estimate of drug-likeness (QED) is 0.356. The molecular formula is C31H32F3N3O6. The summed E-state index contributed by atoms with van der Waals surface area (Å²) < 4.78 is 42.4. The van der Waals surface area contributed by atoms with E-state index in [4.69, 9.17) is 19.4 Å². The van der Waals surface area contributed by atoms with Crippen molar-refractivity contribution in [3.8, 4) is 11.5 Å². The number of carbonyl (C=O) groups is 3. The van der Waals surface area contributed by atoms with E-state index >= 15 is 0 Å². The average molecular weight is 600 g/mol. The fourth-order valence-corrected chi connectivity index (χ4v) is 5.14. The van der Waals surface area contributed by atoms with E-state index in [2.05, 4.69) is 16.7 Å². The summed E-state index contributed by atoms with van der Waals surface area (Å²) in [7, 11) is 3.13. The van der Waals surface area contributed by atoms with Gasteiger partial charge in [0, 0.05) is 29.9 Å². The maximum atomic E-state index is 13.4. The molecule has 0 aliphatic carbocycles. The lowest BCUT2D eigenvalue weighted by Crippen LogP contribution is -2.30. The number of anilines is 1. The van der Waals surface area contributed by atoms with Gasteiger partial charge in [-0.1, -0.05) is 18.2 Å². The fraction of sp³-hybridized carbons (Fsp3) is 0.323. The number of carboxylic acids is 1. The number of aliphatic carboxylic acids is 1. The van der Waals surface area contributed by atoms with Crippen molar-refractivity contribution in [3.05, 3.63) is 88.5 Å². The SMILES string of the molecule is COc1ccc(C(=O)N2CCCC2c2cccc(C(=O)Nc3ccc4c(c3)CNCC4)c2)cc1OC.O=C(O)C(F)(F)F. The van der Waals surface area contributed by atoms with E-state index in [1.54, 1.807) is 32.4 Å². The van der Waals surface area contributed by atoms with E-state index in [0.717, 1.165) is 43.6 Å². The van der Waals surface area contributed by atoms with Gasteiger partial charge in [0.25, 0.3) is 11.8 Å². The molecule has 2 aliphatic heterocycles. The number of alkyl halides is 3. The van der Waals surface area contributed by atoms with Gasteiger partial charge in [-0.25, -0.2) is 4.79 Å². The number of carbonyl (C=O) groups excluding carboxylic acids is 2. The Labute approximate surface area is 246 Å². The summed E-state index contributed by atoms with van der Waals surface area (Å²) in [5.74, 6) is -1.86. The zero-order valence-electron chi connectivity index (χ0n) is 23.7. The highest BCUT2D eigenvalue weighted by molar-refractivity contribution is 6.04. The van der Waals surface area contributed by atoms with Crippen molar-refractivity contribution in [1.82, 2.24) is 10.2 Å². The average Bonchev–Trinajstić information content (AvgIpc) is 3.50. The molecule has 1 atom stereocenters. The van der Waals surface area contributed by atoms with Crippen LogP contribution in [-0.4, -0.2) is 61.3 Å². The van der Waals surface area contributed by atoms with Crippen molar-refractivity contribution in [2.24, 2.45) is 0 Å². The highest BCUT2D eigenvalue weighted by Crippen LogP contribution is 2.35. The Morgan fingerprint density at radius 3 is 2.40 bits per heavy atom. The van der Waals surface area contributed by atoms with Gasteiger partial charge in [0.2, 0.25) is 0 Å². The van der Waals surface area contributed by atoms with Crippen molar-refractivity contribution >= 4 is 23.5 Å². The summed E-state index contributed by atoms with van der Waals surface area (Å²) in [6, 6.07) is 18.8. The molecule has 0 bridgehead atoms. The maximum absolute atomic E-state index is 13.4. The second kappa shape index (κ2) is 13.6. The van der Waals surface area contributed by atoms with Crippen molar-refractivity contribution in [1.29, 1.82) is 0 Å². The van der Waals surface area contributed by atoms with Gasteiger partial charge in [-0.05, 0) is 85.0 Å². The van der Waals surface area contributed by atoms with Crippen molar-refractivity contribution in [2.75, 3.05) is 32.6 Å². The zero-order valence-corrected chi connectivity index (χ0v) is 23.7. The van der Waals surface area contributed by atoms with Crippen LogP contribution in [0.1, 0.15) is 56.3 Å². The number of ether oxygens (including phenoxy) is 2. The minimum atomic E-state index is -5.08. The molecule has 1 saturated heterocycles. The Bertz CT molecular complexity index is 1490. The molecule has 9 nitrogen and oxygen atoms in total. The first-order valence-electron chi connectivity index (χ1n) is 13.6. The molecule has 1 unspecified atom stereocenters. The van der Waals surface area contributed by atoms with Crippen LogP contribution in [0.25, 0.3) is 0 Å². The number of amides is 2. The van der Waals surface area contributed by atoms with E-state index in [1.165, 1.54) is 11.1 Å². The first kappa shape index (κ1) is 31.4. The summed E-state index contributed by atoms with van der Waals surface area (Å²) in [4.78, 5) is 37.3. The summed E-state index contributed by atoms with van der Waals surface area (Å²) in [5, 5.41) is 13.5. The monoisotopic (exact) mass is 599 g/mol. The van der Waals surface area contributed by atoms with Crippen LogP contribution in [0.2, 0.25) is 0 Å². The molecule has 228 valence electrons. The second-order valence-electron chi connectivity index (χ2n) is 10.0. The van der Waals surface area contributed by atoms with E-state index in [9.17, 15) is 22.8 Å². The third kappa shape index (κ3) is 7.63. The first-order valence-corrected chi connectivity index (χ1v) is 13.6. The fourth-order valence-electron chi connectivity index (χ4n) is 5.14. The first-order chi connectivity index (χ1) is 20.5. The molecule has 2 amide bonds. The molecule has 0 radical (unpaired) electrons.